The predicted octanol–water partition coefficient (Wildman–Crippen LogP) is 1.67. The number of nitrogens with zero attached hydrogens (tertiary/aromatic N) is 2. The van der Waals surface area contributed by atoms with E-state index in [9.17, 15) is 0 Å². The Morgan fingerprint density at radius 1 is 1.45 bits per heavy atom. The summed E-state index contributed by atoms with van der Waals surface area (Å²) in [5.41, 5.74) is 1.26. The summed E-state index contributed by atoms with van der Waals surface area (Å²) < 4.78 is 0.897. The third-order valence-corrected chi connectivity index (χ3v) is 2.14. The SMILES string of the molecule is CC[N+](C)(C)c1cccnc1. The van der Waals surface area contributed by atoms with Gasteiger partial charge in [0.1, 0.15) is 0 Å². The zero-order valence-electron chi connectivity index (χ0n) is 7.41. The number of aromatic nitrogens is 1. The molecule has 1 heterocycles. The third kappa shape index (κ3) is 1.77. The number of rotatable bonds is 2. The fraction of sp³-hybridized carbons (Fsp3) is 0.444. The van der Waals surface area contributed by atoms with Crippen molar-refractivity contribution >= 4 is 5.69 Å². The van der Waals surface area contributed by atoms with Crippen LogP contribution in [0.3, 0.4) is 0 Å². The summed E-state index contributed by atoms with van der Waals surface area (Å²) in [5.74, 6) is 0. The molecule has 1 aromatic heterocycles. The van der Waals surface area contributed by atoms with Crippen molar-refractivity contribution < 1.29 is 0 Å². The van der Waals surface area contributed by atoms with Crippen LogP contribution in [0.4, 0.5) is 5.69 Å². The van der Waals surface area contributed by atoms with Crippen molar-refractivity contribution in [1.29, 1.82) is 0 Å². The minimum Gasteiger partial charge on any atom is -0.295 e. The van der Waals surface area contributed by atoms with E-state index in [-0.39, 0.29) is 0 Å². The van der Waals surface area contributed by atoms with Gasteiger partial charge in [-0.3, -0.25) is 9.47 Å². The van der Waals surface area contributed by atoms with Crippen LogP contribution in [0.15, 0.2) is 24.5 Å². The molecule has 0 radical (unpaired) electrons. The van der Waals surface area contributed by atoms with Gasteiger partial charge in [-0.1, -0.05) is 0 Å². The number of hydrogen-bond acceptors (Lipinski definition) is 1. The second-order valence-electron chi connectivity index (χ2n) is 3.21. The summed E-state index contributed by atoms with van der Waals surface area (Å²) in [4.78, 5) is 4.08. The van der Waals surface area contributed by atoms with E-state index in [1.54, 1.807) is 6.20 Å². The average Bonchev–Trinajstić information content (AvgIpc) is 2.06. The van der Waals surface area contributed by atoms with E-state index in [1.165, 1.54) is 5.69 Å². The van der Waals surface area contributed by atoms with Gasteiger partial charge >= 0.3 is 0 Å². The molecule has 0 atom stereocenters. The van der Waals surface area contributed by atoms with Gasteiger partial charge in [-0.05, 0) is 13.0 Å². The first-order valence-corrected chi connectivity index (χ1v) is 3.90. The van der Waals surface area contributed by atoms with Gasteiger partial charge in [-0.25, -0.2) is 0 Å². The van der Waals surface area contributed by atoms with Crippen LogP contribution in [0.2, 0.25) is 0 Å². The lowest BCUT2D eigenvalue weighted by atomic mass is 10.3. The molecule has 0 spiro atoms. The molecule has 1 rings (SSSR count). The number of hydrogen-bond donors (Lipinski definition) is 0. The van der Waals surface area contributed by atoms with Crippen molar-refractivity contribution in [2.24, 2.45) is 0 Å². The van der Waals surface area contributed by atoms with Crippen LogP contribution < -0.4 is 4.48 Å². The van der Waals surface area contributed by atoms with Crippen LogP contribution in [0, 0.1) is 0 Å². The summed E-state index contributed by atoms with van der Waals surface area (Å²) in [6, 6.07) is 4.08. The highest BCUT2D eigenvalue weighted by Gasteiger charge is 2.14. The van der Waals surface area contributed by atoms with Crippen LogP contribution >= 0.6 is 0 Å². The molecule has 1 aromatic rings. The molecule has 0 N–H and O–H groups in total. The third-order valence-electron chi connectivity index (χ3n) is 2.14. The molecule has 0 saturated carbocycles. The Morgan fingerprint density at radius 2 is 2.18 bits per heavy atom. The van der Waals surface area contributed by atoms with Crippen molar-refractivity contribution in [2.45, 2.75) is 6.92 Å². The second kappa shape index (κ2) is 3.01. The Morgan fingerprint density at radius 3 is 2.64 bits per heavy atom. The zero-order valence-corrected chi connectivity index (χ0v) is 7.41. The Bertz CT molecular complexity index is 216. The first kappa shape index (κ1) is 8.21. The summed E-state index contributed by atoms with van der Waals surface area (Å²) in [6.45, 7) is 3.26. The minimum atomic E-state index is 0.897. The van der Waals surface area contributed by atoms with Gasteiger partial charge in [0, 0.05) is 12.3 Å². The highest BCUT2D eigenvalue weighted by Crippen LogP contribution is 2.15. The Labute approximate surface area is 68.1 Å². The lowest BCUT2D eigenvalue weighted by molar-refractivity contribution is 0.419. The van der Waals surface area contributed by atoms with Crippen molar-refractivity contribution in [3.63, 3.8) is 0 Å². The van der Waals surface area contributed by atoms with E-state index >= 15 is 0 Å². The molecule has 2 heteroatoms. The van der Waals surface area contributed by atoms with Crippen molar-refractivity contribution in [3.05, 3.63) is 24.5 Å². The van der Waals surface area contributed by atoms with E-state index in [1.807, 2.05) is 12.3 Å². The molecule has 2 nitrogen and oxygen atoms in total. The molecule has 0 aliphatic rings. The number of pyridine rings is 1. The molecular weight excluding hydrogens is 136 g/mol. The van der Waals surface area contributed by atoms with Gasteiger partial charge in [0.05, 0.1) is 26.8 Å². The van der Waals surface area contributed by atoms with Crippen LogP contribution in [0.1, 0.15) is 6.92 Å². The smallest absolute Gasteiger partial charge is 0.150 e. The normalized spacial score (nSPS) is 11.5. The molecule has 0 aromatic carbocycles. The van der Waals surface area contributed by atoms with Crippen LogP contribution in [-0.2, 0) is 0 Å². The largest absolute Gasteiger partial charge is 0.295 e. The van der Waals surface area contributed by atoms with Crippen molar-refractivity contribution in [3.8, 4) is 0 Å². The summed E-state index contributed by atoms with van der Waals surface area (Å²) >= 11 is 0. The first-order chi connectivity index (χ1) is 5.17. The Kier molecular flexibility index (Phi) is 2.25. The van der Waals surface area contributed by atoms with E-state index in [2.05, 4.69) is 32.1 Å². The monoisotopic (exact) mass is 151 g/mol. The highest BCUT2D eigenvalue weighted by molar-refractivity contribution is 5.37. The van der Waals surface area contributed by atoms with Crippen LogP contribution in [-0.4, -0.2) is 25.6 Å². The fourth-order valence-electron chi connectivity index (χ4n) is 0.894. The molecule has 60 valence electrons. The molecule has 0 aliphatic heterocycles. The summed E-state index contributed by atoms with van der Waals surface area (Å²) in [7, 11) is 4.36. The molecular formula is C9H15N2+. The second-order valence-corrected chi connectivity index (χ2v) is 3.21. The first-order valence-electron chi connectivity index (χ1n) is 3.90. The molecule has 0 amide bonds. The van der Waals surface area contributed by atoms with Gasteiger partial charge < -0.3 is 0 Å². The minimum absolute atomic E-state index is 0.897. The quantitative estimate of drug-likeness (QED) is 0.586. The molecule has 0 aliphatic carbocycles. The summed E-state index contributed by atoms with van der Waals surface area (Å²) in [5, 5.41) is 0. The van der Waals surface area contributed by atoms with Gasteiger partial charge in [-0.2, -0.15) is 0 Å². The molecule has 0 fully saturated rings. The van der Waals surface area contributed by atoms with E-state index < -0.39 is 0 Å². The lowest BCUT2D eigenvalue weighted by Gasteiger charge is -2.26. The Balaban J connectivity index is 2.93. The van der Waals surface area contributed by atoms with E-state index in [4.69, 9.17) is 0 Å². The predicted molar refractivity (Wildman–Crippen MR) is 48.4 cm³/mol. The number of quaternary nitrogens is 1. The topological polar surface area (TPSA) is 12.9 Å². The molecule has 0 bridgehead atoms. The fourth-order valence-corrected chi connectivity index (χ4v) is 0.894. The van der Waals surface area contributed by atoms with Gasteiger partial charge in [0.15, 0.2) is 5.69 Å². The maximum absolute atomic E-state index is 4.08. The average molecular weight is 151 g/mol. The van der Waals surface area contributed by atoms with E-state index in [0.29, 0.717) is 0 Å². The van der Waals surface area contributed by atoms with Crippen LogP contribution in [0.5, 0.6) is 0 Å². The molecule has 11 heavy (non-hydrogen) atoms. The van der Waals surface area contributed by atoms with Crippen molar-refractivity contribution in [2.75, 3.05) is 20.6 Å². The summed E-state index contributed by atoms with van der Waals surface area (Å²) in [6.07, 6.45) is 3.72. The van der Waals surface area contributed by atoms with E-state index in [0.717, 1.165) is 11.0 Å². The van der Waals surface area contributed by atoms with Gasteiger partial charge in [0.2, 0.25) is 0 Å². The Hall–Kier alpha value is -0.890. The molecule has 0 unspecified atom stereocenters. The standard InChI is InChI=1S/C9H15N2/c1-4-11(2,3)9-6-5-7-10-8-9/h5-8H,4H2,1-3H3/q+1. The molecule has 0 saturated heterocycles. The van der Waals surface area contributed by atoms with Crippen LogP contribution in [0.25, 0.3) is 0 Å². The van der Waals surface area contributed by atoms with Gasteiger partial charge in [0.25, 0.3) is 0 Å². The van der Waals surface area contributed by atoms with Gasteiger partial charge in [-0.15, -0.1) is 0 Å². The van der Waals surface area contributed by atoms with Crippen molar-refractivity contribution in [1.82, 2.24) is 9.47 Å². The highest BCUT2D eigenvalue weighted by atomic mass is 15.3. The maximum Gasteiger partial charge on any atom is 0.150 e. The lowest BCUT2D eigenvalue weighted by Crippen LogP contribution is -2.39. The zero-order chi connectivity index (χ0) is 8.32. The maximum atomic E-state index is 4.08.